The number of aromatic nitrogens is 4. The highest BCUT2D eigenvalue weighted by atomic mass is 35.5. The van der Waals surface area contributed by atoms with Crippen molar-refractivity contribution in [2.24, 2.45) is 0 Å². The van der Waals surface area contributed by atoms with E-state index in [-0.39, 0.29) is 5.02 Å². The van der Waals surface area contributed by atoms with E-state index < -0.39 is 5.82 Å². The zero-order valence-electron chi connectivity index (χ0n) is 13.9. The average molecular weight is 365 g/mol. The molecule has 6 heteroatoms. The molecule has 0 spiro atoms. The molecule has 0 saturated carbocycles. The molecule has 2 heterocycles. The highest BCUT2D eigenvalue weighted by molar-refractivity contribution is 6.31. The maximum absolute atomic E-state index is 14.8. The van der Waals surface area contributed by atoms with E-state index in [1.807, 2.05) is 42.5 Å². The Labute approximate surface area is 154 Å². The van der Waals surface area contributed by atoms with Gasteiger partial charge in [-0.15, -0.1) is 5.10 Å². The number of para-hydroxylation sites is 1. The number of pyridine rings is 1. The number of hydrogen-bond donors (Lipinski definition) is 0. The maximum Gasteiger partial charge on any atom is 0.182 e. The van der Waals surface area contributed by atoms with Crippen molar-refractivity contribution in [3.05, 3.63) is 83.4 Å². The summed E-state index contributed by atoms with van der Waals surface area (Å²) in [5.41, 5.74) is 2.56. The van der Waals surface area contributed by atoms with Gasteiger partial charge in [0.25, 0.3) is 0 Å². The minimum absolute atomic E-state index is 0.0931. The van der Waals surface area contributed by atoms with E-state index in [9.17, 15) is 4.39 Å². The Morgan fingerprint density at radius 1 is 0.962 bits per heavy atom. The van der Waals surface area contributed by atoms with Crippen LogP contribution in [0.2, 0.25) is 5.02 Å². The van der Waals surface area contributed by atoms with E-state index in [1.165, 1.54) is 0 Å². The quantitative estimate of drug-likeness (QED) is 0.508. The molecule has 4 aromatic rings. The van der Waals surface area contributed by atoms with Crippen molar-refractivity contribution in [3.63, 3.8) is 0 Å². The van der Waals surface area contributed by atoms with Gasteiger partial charge < -0.3 is 0 Å². The minimum Gasteiger partial charge on any atom is -0.265 e. The number of halogens is 2. The largest absolute Gasteiger partial charge is 0.265 e. The molecule has 0 amide bonds. The van der Waals surface area contributed by atoms with Crippen LogP contribution in [0, 0.1) is 12.7 Å². The Kier molecular flexibility index (Phi) is 4.22. The summed E-state index contributed by atoms with van der Waals surface area (Å²) in [7, 11) is 0. The predicted molar refractivity (Wildman–Crippen MR) is 99.7 cm³/mol. The SMILES string of the molecule is Cc1ccc(-c2nc(-c3ccncc3)nn2-c2ccccc2)c(F)c1Cl. The van der Waals surface area contributed by atoms with E-state index in [0.717, 1.165) is 11.3 Å². The first-order valence-corrected chi connectivity index (χ1v) is 8.41. The molecule has 0 aliphatic heterocycles. The molecule has 0 aliphatic rings. The second kappa shape index (κ2) is 6.69. The Morgan fingerprint density at radius 3 is 2.42 bits per heavy atom. The predicted octanol–water partition coefficient (Wildman–Crippen LogP) is 5.10. The molecule has 0 fully saturated rings. The third kappa shape index (κ3) is 2.86. The highest BCUT2D eigenvalue weighted by Crippen LogP contribution is 2.31. The van der Waals surface area contributed by atoms with Crippen molar-refractivity contribution in [1.82, 2.24) is 19.7 Å². The fraction of sp³-hybridized carbons (Fsp3) is 0.0500. The molecule has 0 aliphatic carbocycles. The second-order valence-electron chi connectivity index (χ2n) is 5.80. The van der Waals surface area contributed by atoms with Crippen LogP contribution < -0.4 is 0 Å². The topological polar surface area (TPSA) is 43.6 Å². The molecule has 128 valence electrons. The van der Waals surface area contributed by atoms with Crippen LogP contribution in [-0.2, 0) is 0 Å². The number of nitrogens with zero attached hydrogens (tertiary/aromatic N) is 4. The summed E-state index contributed by atoms with van der Waals surface area (Å²) in [6, 6.07) is 16.6. The summed E-state index contributed by atoms with van der Waals surface area (Å²) in [6.07, 6.45) is 3.34. The molecule has 0 atom stereocenters. The third-order valence-corrected chi connectivity index (χ3v) is 4.53. The fourth-order valence-electron chi connectivity index (χ4n) is 2.68. The number of rotatable bonds is 3. The molecule has 2 aromatic heterocycles. The zero-order valence-corrected chi connectivity index (χ0v) is 14.7. The van der Waals surface area contributed by atoms with Crippen molar-refractivity contribution in [2.45, 2.75) is 6.92 Å². The molecule has 0 saturated heterocycles. The van der Waals surface area contributed by atoms with Crippen molar-refractivity contribution in [1.29, 1.82) is 0 Å². The number of benzene rings is 2. The molecular formula is C20H14ClFN4. The molecule has 4 nitrogen and oxygen atoms in total. The Bertz CT molecular complexity index is 1060. The van der Waals surface area contributed by atoms with E-state index in [1.54, 1.807) is 36.1 Å². The molecule has 0 bridgehead atoms. The van der Waals surface area contributed by atoms with Crippen molar-refractivity contribution < 1.29 is 4.39 Å². The Hall–Kier alpha value is -3.05. The highest BCUT2D eigenvalue weighted by Gasteiger charge is 2.20. The van der Waals surface area contributed by atoms with Gasteiger partial charge in [-0.05, 0) is 42.8 Å². The normalized spacial score (nSPS) is 10.9. The summed E-state index contributed by atoms with van der Waals surface area (Å²) >= 11 is 6.11. The molecule has 0 N–H and O–H groups in total. The summed E-state index contributed by atoms with van der Waals surface area (Å²) in [6.45, 7) is 1.76. The molecular weight excluding hydrogens is 351 g/mol. The van der Waals surface area contributed by atoms with Gasteiger partial charge >= 0.3 is 0 Å². The van der Waals surface area contributed by atoms with Gasteiger partial charge in [0.15, 0.2) is 17.5 Å². The lowest BCUT2D eigenvalue weighted by Gasteiger charge is -2.08. The molecule has 4 rings (SSSR count). The molecule has 0 radical (unpaired) electrons. The van der Waals surface area contributed by atoms with E-state index in [0.29, 0.717) is 22.8 Å². The summed E-state index contributed by atoms with van der Waals surface area (Å²) in [4.78, 5) is 8.60. The fourth-order valence-corrected chi connectivity index (χ4v) is 2.84. The lowest BCUT2D eigenvalue weighted by Crippen LogP contribution is -2.01. The van der Waals surface area contributed by atoms with Gasteiger partial charge in [0.05, 0.1) is 16.3 Å². The van der Waals surface area contributed by atoms with Crippen LogP contribution in [0.4, 0.5) is 4.39 Å². The van der Waals surface area contributed by atoms with Gasteiger partial charge in [-0.3, -0.25) is 4.98 Å². The van der Waals surface area contributed by atoms with Crippen LogP contribution in [-0.4, -0.2) is 19.7 Å². The van der Waals surface area contributed by atoms with Crippen molar-refractivity contribution in [3.8, 4) is 28.5 Å². The standard InChI is InChI=1S/C20H14ClFN4/c1-13-7-8-16(18(22)17(13)21)20-24-19(14-9-11-23-12-10-14)25-26(20)15-5-3-2-4-6-15/h2-12H,1H3. The van der Waals surface area contributed by atoms with E-state index in [4.69, 9.17) is 11.6 Å². The van der Waals surface area contributed by atoms with Gasteiger partial charge in [-0.2, -0.15) is 0 Å². The first kappa shape index (κ1) is 16.4. The van der Waals surface area contributed by atoms with Crippen LogP contribution in [0.15, 0.2) is 67.0 Å². The monoisotopic (exact) mass is 364 g/mol. The van der Waals surface area contributed by atoms with Crippen LogP contribution in [0.5, 0.6) is 0 Å². The summed E-state index contributed by atoms with van der Waals surface area (Å²) in [5, 5.41) is 4.68. The first-order chi connectivity index (χ1) is 12.6. The minimum atomic E-state index is -0.502. The van der Waals surface area contributed by atoms with Gasteiger partial charge in [0.2, 0.25) is 0 Å². The second-order valence-corrected chi connectivity index (χ2v) is 6.18. The lowest BCUT2D eigenvalue weighted by atomic mass is 10.1. The molecule has 26 heavy (non-hydrogen) atoms. The van der Waals surface area contributed by atoms with Crippen molar-refractivity contribution in [2.75, 3.05) is 0 Å². The van der Waals surface area contributed by atoms with E-state index >= 15 is 0 Å². The van der Waals surface area contributed by atoms with Crippen LogP contribution in [0.3, 0.4) is 0 Å². The van der Waals surface area contributed by atoms with Gasteiger partial charge in [0.1, 0.15) is 0 Å². The lowest BCUT2D eigenvalue weighted by molar-refractivity contribution is 0.628. The van der Waals surface area contributed by atoms with Crippen molar-refractivity contribution >= 4 is 11.6 Å². The third-order valence-electron chi connectivity index (χ3n) is 4.06. The summed E-state index contributed by atoms with van der Waals surface area (Å²) in [5.74, 6) is 0.377. The zero-order chi connectivity index (χ0) is 18.1. The van der Waals surface area contributed by atoms with Crippen LogP contribution in [0.25, 0.3) is 28.5 Å². The maximum atomic E-state index is 14.8. The summed E-state index contributed by atoms with van der Waals surface area (Å²) < 4.78 is 16.5. The Balaban J connectivity index is 1.96. The van der Waals surface area contributed by atoms with E-state index in [2.05, 4.69) is 15.1 Å². The van der Waals surface area contributed by atoms with Crippen LogP contribution >= 0.6 is 11.6 Å². The number of hydrogen-bond acceptors (Lipinski definition) is 3. The van der Waals surface area contributed by atoms with Crippen LogP contribution in [0.1, 0.15) is 5.56 Å². The average Bonchev–Trinajstić information content (AvgIpc) is 3.13. The number of aryl methyl sites for hydroxylation is 1. The van der Waals surface area contributed by atoms with Gasteiger partial charge in [-0.1, -0.05) is 35.9 Å². The first-order valence-electron chi connectivity index (χ1n) is 8.03. The molecule has 2 aromatic carbocycles. The molecule has 0 unspecified atom stereocenters. The van der Waals surface area contributed by atoms with Gasteiger partial charge in [0, 0.05) is 18.0 Å². The van der Waals surface area contributed by atoms with Gasteiger partial charge in [-0.25, -0.2) is 14.1 Å². The Morgan fingerprint density at radius 2 is 1.69 bits per heavy atom. The smallest absolute Gasteiger partial charge is 0.182 e.